The average Bonchev–Trinajstić information content (AvgIpc) is 3.13. The van der Waals surface area contributed by atoms with E-state index in [0.717, 1.165) is 17.7 Å². The van der Waals surface area contributed by atoms with Crippen LogP contribution in [0.25, 0.3) is 0 Å². The van der Waals surface area contributed by atoms with E-state index in [1.807, 2.05) is 35.0 Å². The summed E-state index contributed by atoms with van der Waals surface area (Å²) in [5.74, 6) is -0.219. The highest BCUT2D eigenvalue weighted by Crippen LogP contribution is 2.09. The van der Waals surface area contributed by atoms with Crippen molar-refractivity contribution in [2.45, 2.75) is 18.8 Å². The van der Waals surface area contributed by atoms with E-state index in [9.17, 15) is 13.2 Å². The molecule has 1 aromatic heterocycles. The highest BCUT2D eigenvalue weighted by molar-refractivity contribution is 7.89. The minimum atomic E-state index is -3.08. The van der Waals surface area contributed by atoms with E-state index in [2.05, 4.69) is 10.3 Å². The molecule has 3 aromatic rings. The molecular formula is C20H21N3O3S. The molecule has 0 saturated heterocycles. The van der Waals surface area contributed by atoms with E-state index in [1.54, 1.807) is 36.8 Å². The topological polar surface area (TPSA) is 81.1 Å². The van der Waals surface area contributed by atoms with Crippen LogP contribution in [0.4, 0.5) is 0 Å². The first-order valence-corrected chi connectivity index (χ1v) is 10.5. The summed E-state index contributed by atoms with van der Waals surface area (Å²) in [4.78, 5) is 16.3. The molecule has 0 radical (unpaired) electrons. The fourth-order valence-corrected chi connectivity index (χ4v) is 3.49. The Labute approximate surface area is 158 Å². The van der Waals surface area contributed by atoms with Crippen molar-refractivity contribution in [3.05, 3.63) is 89.5 Å². The van der Waals surface area contributed by atoms with Crippen molar-refractivity contribution < 1.29 is 13.2 Å². The van der Waals surface area contributed by atoms with Gasteiger partial charge in [0.25, 0.3) is 5.91 Å². The number of aromatic nitrogens is 2. The van der Waals surface area contributed by atoms with Crippen molar-refractivity contribution in [2.75, 3.05) is 6.26 Å². The maximum Gasteiger partial charge on any atom is 0.251 e. The predicted molar refractivity (Wildman–Crippen MR) is 104 cm³/mol. The van der Waals surface area contributed by atoms with Crippen LogP contribution in [-0.2, 0) is 28.7 Å². The van der Waals surface area contributed by atoms with E-state index in [-0.39, 0.29) is 11.7 Å². The molecule has 1 heterocycles. The highest BCUT2D eigenvalue weighted by Gasteiger charge is 2.08. The second-order valence-electron chi connectivity index (χ2n) is 6.50. The maximum absolute atomic E-state index is 12.3. The molecule has 0 fully saturated rings. The van der Waals surface area contributed by atoms with Crippen LogP contribution in [0.2, 0.25) is 0 Å². The van der Waals surface area contributed by atoms with Gasteiger partial charge >= 0.3 is 0 Å². The zero-order valence-corrected chi connectivity index (χ0v) is 15.8. The van der Waals surface area contributed by atoms with Crippen molar-refractivity contribution >= 4 is 15.7 Å². The summed E-state index contributed by atoms with van der Waals surface area (Å²) in [6.07, 6.45) is 6.62. The molecule has 6 nitrogen and oxygen atoms in total. The number of rotatable bonds is 7. The molecule has 2 aromatic carbocycles. The third-order valence-corrected chi connectivity index (χ3v) is 4.90. The molecule has 0 unspecified atom stereocenters. The van der Waals surface area contributed by atoms with Crippen LogP contribution >= 0.6 is 0 Å². The Kier molecular flexibility index (Phi) is 5.71. The quantitative estimate of drug-likeness (QED) is 0.679. The second kappa shape index (κ2) is 8.18. The zero-order chi connectivity index (χ0) is 19.3. The van der Waals surface area contributed by atoms with Crippen LogP contribution in [-0.4, -0.2) is 30.1 Å². The number of hydrogen-bond donors (Lipinski definition) is 1. The molecule has 0 bridgehead atoms. The monoisotopic (exact) mass is 383 g/mol. The van der Waals surface area contributed by atoms with Gasteiger partial charge in [-0.25, -0.2) is 13.4 Å². The molecule has 0 spiro atoms. The molecule has 1 amide bonds. The molecule has 140 valence electrons. The van der Waals surface area contributed by atoms with Gasteiger partial charge in [-0.15, -0.1) is 0 Å². The number of carbonyl (C=O) groups excluding carboxylic acids is 1. The summed E-state index contributed by atoms with van der Waals surface area (Å²) in [5, 5.41) is 2.88. The van der Waals surface area contributed by atoms with E-state index in [4.69, 9.17) is 0 Å². The van der Waals surface area contributed by atoms with Crippen molar-refractivity contribution in [2.24, 2.45) is 0 Å². The molecule has 0 aliphatic heterocycles. The lowest BCUT2D eigenvalue weighted by atomic mass is 10.1. The maximum atomic E-state index is 12.3. The van der Waals surface area contributed by atoms with E-state index in [1.165, 1.54) is 6.26 Å². The third-order valence-electron chi connectivity index (χ3n) is 4.05. The fourth-order valence-electron chi connectivity index (χ4n) is 2.69. The zero-order valence-electron chi connectivity index (χ0n) is 15.0. The van der Waals surface area contributed by atoms with Gasteiger partial charge in [-0.05, 0) is 28.8 Å². The number of nitrogens with one attached hydrogen (secondary N) is 1. The lowest BCUT2D eigenvalue weighted by molar-refractivity contribution is 0.0951. The molecule has 0 aliphatic carbocycles. The van der Waals surface area contributed by atoms with E-state index >= 15 is 0 Å². The van der Waals surface area contributed by atoms with Gasteiger partial charge in [0.1, 0.15) is 0 Å². The van der Waals surface area contributed by atoms with Gasteiger partial charge in [0, 0.05) is 37.3 Å². The van der Waals surface area contributed by atoms with Crippen LogP contribution in [0.3, 0.4) is 0 Å². The first kappa shape index (κ1) is 18.8. The van der Waals surface area contributed by atoms with E-state index < -0.39 is 9.84 Å². The lowest BCUT2D eigenvalue weighted by Crippen LogP contribution is -2.22. The standard InChI is InChI=1S/C20H21N3O3S/c1-27(25,26)14-18-6-8-19(9-7-18)20(24)22-12-16-2-4-17(5-3-16)13-23-11-10-21-15-23/h2-11,15H,12-14H2,1H3,(H,22,24). The van der Waals surface area contributed by atoms with Gasteiger partial charge in [0.15, 0.2) is 9.84 Å². The van der Waals surface area contributed by atoms with Crippen molar-refractivity contribution in [1.82, 2.24) is 14.9 Å². The van der Waals surface area contributed by atoms with Gasteiger partial charge in [0.2, 0.25) is 0 Å². The Morgan fingerprint density at radius 3 is 2.22 bits per heavy atom. The number of nitrogens with zero attached hydrogens (tertiary/aromatic N) is 2. The van der Waals surface area contributed by atoms with Crippen LogP contribution in [0.5, 0.6) is 0 Å². The third kappa shape index (κ3) is 5.79. The number of amides is 1. The first-order valence-electron chi connectivity index (χ1n) is 8.47. The number of hydrogen-bond acceptors (Lipinski definition) is 4. The fraction of sp³-hybridized carbons (Fsp3) is 0.200. The number of benzene rings is 2. The number of carbonyl (C=O) groups is 1. The van der Waals surface area contributed by atoms with Crippen LogP contribution < -0.4 is 5.32 Å². The van der Waals surface area contributed by atoms with Gasteiger partial charge in [-0.3, -0.25) is 4.79 Å². The summed E-state index contributed by atoms with van der Waals surface area (Å²) in [6, 6.07) is 14.7. The SMILES string of the molecule is CS(=O)(=O)Cc1ccc(C(=O)NCc2ccc(Cn3ccnc3)cc2)cc1. The smallest absolute Gasteiger partial charge is 0.251 e. The van der Waals surface area contributed by atoms with E-state index in [0.29, 0.717) is 17.7 Å². The molecule has 0 saturated carbocycles. The Morgan fingerprint density at radius 2 is 1.63 bits per heavy atom. The molecule has 0 aliphatic rings. The van der Waals surface area contributed by atoms with Crippen molar-refractivity contribution in [1.29, 1.82) is 0 Å². The number of imidazole rings is 1. The van der Waals surface area contributed by atoms with Crippen molar-refractivity contribution in [3.63, 3.8) is 0 Å². The molecule has 1 N–H and O–H groups in total. The van der Waals surface area contributed by atoms with Gasteiger partial charge in [-0.1, -0.05) is 36.4 Å². The molecular weight excluding hydrogens is 362 g/mol. The van der Waals surface area contributed by atoms with Gasteiger partial charge < -0.3 is 9.88 Å². The average molecular weight is 383 g/mol. The first-order chi connectivity index (χ1) is 12.9. The molecule has 27 heavy (non-hydrogen) atoms. The summed E-state index contributed by atoms with van der Waals surface area (Å²) < 4.78 is 24.6. The predicted octanol–water partition coefficient (Wildman–Crippen LogP) is 2.41. The van der Waals surface area contributed by atoms with Crippen molar-refractivity contribution in [3.8, 4) is 0 Å². The largest absolute Gasteiger partial charge is 0.348 e. The summed E-state index contributed by atoms with van der Waals surface area (Å²) in [7, 11) is -3.08. The normalized spacial score (nSPS) is 11.3. The van der Waals surface area contributed by atoms with Crippen LogP contribution in [0, 0.1) is 0 Å². The highest BCUT2D eigenvalue weighted by atomic mass is 32.2. The Bertz CT molecular complexity index is 994. The minimum absolute atomic E-state index is 0.0275. The summed E-state index contributed by atoms with van der Waals surface area (Å²) in [6.45, 7) is 1.18. The minimum Gasteiger partial charge on any atom is -0.348 e. The molecule has 3 rings (SSSR count). The van der Waals surface area contributed by atoms with Crippen LogP contribution in [0.1, 0.15) is 27.0 Å². The Hall–Kier alpha value is -2.93. The Balaban J connectivity index is 1.54. The van der Waals surface area contributed by atoms with Gasteiger partial charge in [-0.2, -0.15) is 0 Å². The molecule has 0 atom stereocenters. The Morgan fingerprint density at radius 1 is 1.00 bits per heavy atom. The van der Waals surface area contributed by atoms with Crippen LogP contribution in [0.15, 0.2) is 67.3 Å². The summed E-state index contributed by atoms with van der Waals surface area (Å²) >= 11 is 0. The second-order valence-corrected chi connectivity index (χ2v) is 8.64. The number of sulfone groups is 1. The van der Waals surface area contributed by atoms with Gasteiger partial charge in [0.05, 0.1) is 12.1 Å². The summed E-state index contributed by atoms with van der Waals surface area (Å²) in [5.41, 5.74) is 3.34. The molecule has 7 heteroatoms. The lowest BCUT2D eigenvalue weighted by Gasteiger charge is -2.08.